The molecular formula is C65H110O5. The van der Waals surface area contributed by atoms with Crippen molar-refractivity contribution in [3.63, 3.8) is 0 Å². The van der Waals surface area contributed by atoms with E-state index in [0.29, 0.717) is 19.4 Å². The first-order chi connectivity index (χ1) is 34.6. The summed E-state index contributed by atoms with van der Waals surface area (Å²) in [4.78, 5) is 25.6. The molecule has 1 atom stereocenters. The second-order valence-corrected chi connectivity index (χ2v) is 19.1. The monoisotopic (exact) mass is 971 g/mol. The molecular weight excluding hydrogens is 861 g/mol. The molecule has 0 radical (unpaired) electrons. The van der Waals surface area contributed by atoms with Gasteiger partial charge in [-0.3, -0.25) is 9.59 Å². The Morgan fingerprint density at radius 1 is 0.329 bits per heavy atom. The van der Waals surface area contributed by atoms with Crippen molar-refractivity contribution in [3.8, 4) is 0 Å². The molecule has 0 aromatic heterocycles. The fourth-order valence-electron chi connectivity index (χ4n) is 7.96. The van der Waals surface area contributed by atoms with Crippen LogP contribution in [0.15, 0.2) is 109 Å². The van der Waals surface area contributed by atoms with E-state index in [4.69, 9.17) is 14.2 Å². The Morgan fingerprint density at radius 2 is 0.643 bits per heavy atom. The fraction of sp³-hybridized carbons (Fsp3) is 0.692. The number of carbonyl (C=O) groups excluding carboxylic acids is 2. The second-order valence-electron chi connectivity index (χ2n) is 19.1. The third-order valence-corrected chi connectivity index (χ3v) is 12.3. The van der Waals surface area contributed by atoms with Crippen molar-refractivity contribution in [1.29, 1.82) is 0 Å². The van der Waals surface area contributed by atoms with Crippen LogP contribution in [0.1, 0.15) is 265 Å². The number of esters is 2. The van der Waals surface area contributed by atoms with Gasteiger partial charge < -0.3 is 14.2 Å². The molecule has 0 aromatic rings. The first kappa shape index (κ1) is 66.6. The van der Waals surface area contributed by atoms with E-state index in [0.717, 1.165) is 122 Å². The van der Waals surface area contributed by atoms with Crippen molar-refractivity contribution in [2.45, 2.75) is 271 Å². The maximum Gasteiger partial charge on any atom is 0.306 e. The first-order valence-corrected chi connectivity index (χ1v) is 29.4. The molecule has 0 aliphatic carbocycles. The van der Waals surface area contributed by atoms with Gasteiger partial charge in [0.25, 0.3) is 0 Å². The summed E-state index contributed by atoms with van der Waals surface area (Å²) in [6, 6.07) is 0. The van der Waals surface area contributed by atoms with E-state index < -0.39 is 6.10 Å². The van der Waals surface area contributed by atoms with E-state index >= 15 is 0 Å². The normalized spacial score (nSPS) is 13.0. The summed E-state index contributed by atoms with van der Waals surface area (Å²) >= 11 is 0. The molecule has 0 aliphatic rings. The zero-order chi connectivity index (χ0) is 50.6. The van der Waals surface area contributed by atoms with Gasteiger partial charge in [-0.1, -0.05) is 239 Å². The first-order valence-electron chi connectivity index (χ1n) is 29.4. The van der Waals surface area contributed by atoms with Gasteiger partial charge in [0, 0.05) is 19.4 Å². The zero-order valence-corrected chi connectivity index (χ0v) is 46.0. The molecule has 400 valence electrons. The zero-order valence-electron chi connectivity index (χ0n) is 46.0. The molecule has 5 heteroatoms. The maximum atomic E-state index is 12.9. The lowest BCUT2D eigenvalue weighted by molar-refractivity contribution is -0.163. The highest BCUT2D eigenvalue weighted by Gasteiger charge is 2.17. The second kappa shape index (κ2) is 59.9. The molecule has 0 aromatic carbocycles. The molecule has 5 nitrogen and oxygen atoms in total. The maximum absolute atomic E-state index is 12.9. The Balaban J connectivity index is 4.37. The quantitative estimate of drug-likeness (QED) is 0.0345. The molecule has 0 N–H and O–H groups in total. The molecule has 0 spiro atoms. The minimum Gasteiger partial charge on any atom is -0.462 e. The predicted octanol–water partition coefficient (Wildman–Crippen LogP) is 20.3. The van der Waals surface area contributed by atoms with Crippen LogP contribution in [0.5, 0.6) is 0 Å². The van der Waals surface area contributed by atoms with Crippen LogP contribution in [0.25, 0.3) is 0 Å². The molecule has 0 saturated heterocycles. The van der Waals surface area contributed by atoms with Gasteiger partial charge in [-0.25, -0.2) is 0 Å². The molecule has 70 heavy (non-hydrogen) atoms. The Morgan fingerprint density at radius 3 is 1.04 bits per heavy atom. The number of allylic oxidation sites excluding steroid dienone is 18. The van der Waals surface area contributed by atoms with Crippen LogP contribution in [0.3, 0.4) is 0 Å². The standard InChI is InChI=1S/C65H110O5/c1-4-7-10-13-16-19-22-25-28-31-33-35-37-40-43-46-49-52-55-58-64(66)69-62-63(61-68-60-57-54-51-48-45-42-39-36-32-29-26-23-20-17-14-11-8-5-2)70-65(67)59-56-53-50-47-44-41-38-34-30-27-24-21-18-15-12-9-6-3/h8-9,11-12,17-18,20-21,25-30,36,38-39,41,63H,4-7,10,13-16,19,22-24,31-35,37,40,42-62H2,1-3H3/b11-8-,12-9-,20-17-,21-18-,28-25-,29-26-,30-27-,39-36-,41-38-. The van der Waals surface area contributed by atoms with Crippen LogP contribution in [0.2, 0.25) is 0 Å². The van der Waals surface area contributed by atoms with E-state index in [2.05, 4.69) is 130 Å². The van der Waals surface area contributed by atoms with Crippen LogP contribution < -0.4 is 0 Å². The Labute approximate surface area is 434 Å². The SMILES string of the molecule is CC/C=C\C/C=C\C/C=C\C/C=C\CCCCCCCOCC(COC(=O)CCCCCCCCCCC/C=C\CCCCCCCC)OC(=O)CCCCCC/C=C\C/C=C\C/C=C\C/C=C\CC. The molecule has 0 amide bonds. The summed E-state index contributed by atoms with van der Waals surface area (Å²) in [5, 5.41) is 0. The number of ether oxygens (including phenoxy) is 3. The van der Waals surface area contributed by atoms with Crippen molar-refractivity contribution in [2.75, 3.05) is 19.8 Å². The molecule has 0 fully saturated rings. The summed E-state index contributed by atoms with van der Waals surface area (Å²) in [5.41, 5.74) is 0. The molecule has 0 bridgehead atoms. The highest BCUT2D eigenvalue weighted by molar-refractivity contribution is 5.70. The highest BCUT2D eigenvalue weighted by Crippen LogP contribution is 2.14. The third kappa shape index (κ3) is 57.1. The smallest absolute Gasteiger partial charge is 0.306 e. The summed E-state index contributed by atoms with van der Waals surface area (Å²) in [5.74, 6) is -0.437. The Kier molecular flexibility index (Phi) is 56.9. The van der Waals surface area contributed by atoms with E-state index in [1.807, 2.05) is 0 Å². The van der Waals surface area contributed by atoms with Crippen LogP contribution in [0.4, 0.5) is 0 Å². The highest BCUT2D eigenvalue weighted by atomic mass is 16.6. The minimum atomic E-state index is -0.568. The molecule has 0 rings (SSSR count). The van der Waals surface area contributed by atoms with Crippen molar-refractivity contribution in [2.24, 2.45) is 0 Å². The van der Waals surface area contributed by atoms with E-state index in [9.17, 15) is 9.59 Å². The number of hydrogen-bond donors (Lipinski definition) is 0. The van der Waals surface area contributed by atoms with Crippen LogP contribution >= 0.6 is 0 Å². The van der Waals surface area contributed by atoms with Crippen LogP contribution in [-0.4, -0.2) is 37.9 Å². The summed E-state index contributed by atoms with van der Waals surface area (Å²) in [7, 11) is 0. The number of unbranched alkanes of at least 4 members (excludes halogenated alkanes) is 24. The van der Waals surface area contributed by atoms with Gasteiger partial charge in [0.1, 0.15) is 6.61 Å². The lowest BCUT2D eigenvalue weighted by Crippen LogP contribution is -2.30. The van der Waals surface area contributed by atoms with Gasteiger partial charge >= 0.3 is 11.9 Å². The summed E-state index contributed by atoms with van der Waals surface area (Å²) < 4.78 is 17.5. The van der Waals surface area contributed by atoms with E-state index in [-0.39, 0.29) is 25.2 Å². The van der Waals surface area contributed by atoms with Gasteiger partial charge in [0.05, 0.1) is 6.61 Å². The Hall–Kier alpha value is -3.44. The van der Waals surface area contributed by atoms with Crippen molar-refractivity contribution >= 4 is 11.9 Å². The lowest BCUT2D eigenvalue weighted by atomic mass is 10.1. The summed E-state index contributed by atoms with van der Waals surface area (Å²) in [6.07, 6.45) is 82.5. The van der Waals surface area contributed by atoms with Crippen molar-refractivity contribution in [3.05, 3.63) is 109 Å². The van der Waals surface area contributed by atoms with Gasteiger partial charge in [0.2, 0.25) is 0 Å². The average molecular weight is 972 g/mol. The van der Waals surface area contributed by atoms with E-state index in [1.54, 1.807) is 0 Å². The van der Waals surface area contributed by atoms with Crippen molar-refractivity contribution < 1.29 is 23.8 Å². The molecule has 0 aliphatic heterocycles. The van der Waals surface area contributed by atoms with Crippen LogP contribution in [0, 0.1) is 0 Å². The minimum absolute atomic E-state index is 0.0612. The van der Waals surface area contributed by atoms with Gasteiger partial charge in [0.15, 0.2) is 6.10 Å². The van der Waals surface area contributed by atoms with Crippen molar-refractivity contribution in [1.82, 2.24) is 0 Å². The van der Waals surface area contributed by atoms with Crippen LogP contribution in [-0.2, 0) is 23.8 Å². The van der Waals surface area contributed by atoms with Gasteiger partial charge in [-0.05, 0) is 122 Å². The van der Waals surface area contributed by atoms with Gasteiger partial charge in [-0.2, -0.15) is 0 Å². The molecule has 1 unspecified atom stereocenters. The average Bonchev–Trinajstić information content (AvgIpc) is 3.36. The number of rotatable bonds is 53. The number of carbonyl (C=O) groups is 2. The molecule has 0 heterocycles. The van der Waals surface area contributed by atoms with Gasteiger partial charge in [-0.15, -0.1) is 0 Å². The predicted molar refractivity (Wildman–Crippen MR) is 306 cm³/mol. The molecule has 0 saturated carbocycles. The lowest BCUT2D eigenvalue weighted by Gasteiger charge is -2.18. The topological polar surface area (TPSA) is 61.8 Å². The largest absolute Gasteiger partial charge is 0.462 e. The fourth-order valence-corrected chi connectivity index (χ4v) is 7.96. The number of hydrogen-bond acceptors (Lipinski definition) is 5. The third-order valence-electron chi connectivity index (χ3n) is 12.3. The summed E-state index contributed by atoms with van der Waals surface area (Å²) in [6.45, 7) is 7.54. The van der Waals surface area contributed by atoms with E-state index in [1.165, 1.54) is 109 Å². The Bertz CT molecular complexity index is 1380.